The van der Waals surface area contributed by atoms with Crippen LogP contribution >= 0.6 is 0 Å². The molecule has 162 valence electrons. The summed E-state index contributed by atoms with van der Waals surface area (Å²) in [4.78, 5) is 25.7. The maximum atomic E-state index is 13.2. The smallest absolute Gasteiger partial charge is 0.349 e. The minimum atomic E-state index is -0.691. The topological polar surface area (TPSA) is 65.7 Å². The molecule has 0 amide bonds. The summed E-state index contributed by atoms with van der Waals surface area (Å²) in [5.41, 5.74) is 1.78. The lowest BCUT2D eigenvalue weighted by molar-refractivity contribution is -0.136. The van der Waals surface area contributed by atoms with Gasteiger partial charge in [-0.05, 0) is 35.2 Å². The summed E-state index contributed by atoms with van der Waals surface area (Å²) in [5.74, 6) is -0.0897. The van der Waals surface area contributed by atoms with Gasteiger partial charge in [0.2, 0.25) is 11.2 Å². The molecule has 0 unspecified atom stereocenters. The lowest BCUT2D eigenvalue weighted by atomic mass is 9.86. The predicted molar refractivity (Wildman–Crippen MR) is 124 cm³/mol. The van der Waals surface area contributed by atoms with Crippen LogP contribution in [0.25, 0.3) is 22.3 Å². The molecule has 4 rings (SSSR count). The standard InChI is InChI=1S/C27H24O5/c1-27(2,3)19-15-13-18(14-16-19)25-26(24(29)21-11-7-8-12-22(21)31-25)32-23(28)17-30-20-9-5-4-6-10-20/h4-16H,17H2,1-3H3. The van der Waals surface area contributed by atoms with Crippen LogP contribution in [0, 0.1) is 0 Å². The Labute approximate surface area is 186 Å². The molecule has 0 aliphatic heterocycles. The first-order valence-corrected chi connectivity index (χ1v) is 10.4. The Kier molecular flexibility index (Phi) is 5.82. The second-order valence-electron chi connectivity index (χ2n) is 8.49. The Hall–Kier alpha value is -3.86. The number of para-hydroxylation sites is 2. The largest absolute Gasteiger partial charge is 0.482 e. The molecule has 0 saturated heterocycles. The van der Waals surface area contributed by atoms with Gasteiger partial charge >= 0.3 is 5.97 Å². The molecule has 0 radical (unpaired) electrons. The fourth-order valence-corrected chi connectivity index (χ4v) is 3.33. The zero-order chi connectivity index (χ0) is 22.7. The molecule has 5 heteroatoms. The number of ether oxygens (including phenoxy) is 2. The van der Waals surface area contributed by atoms with E-state index in [0.29, 0.717) is 22.3 Å². The highest BCUT2D eigenvalue weighted by Gasteiger charge is 2.21. The molecular formula is C27H24O5. The van der Waals surface area contributed by atoms with Gasteiger partial charge in [-0.3, -0.25) is 4.79 Å². The van der Waals surface area contributed by atoms with Crippen molar-refractivity contribution in [2.45, 2.75) is 26.2 Å². The summed E-state index contributed by atoms with van der Waals surface area (Å²) >= 11 is 0. The summed E-state index contributed by atoms with van der Waals surface area (Å²) < 4.78 is 17.0. The number of hydrogen-bond donors (Lipinski definition) is 0. The SMILES string of the molecule is CC(C)(C)c1ccc(-c2oc3ccccc3c(=O)c2OC(=O)COc2ccccc2)cc1. The van der Waals surface area contributed by atoms with Gasteiger partial charge in [-0.2, -0.15) is 0 Å². The van der Waals surface area contributed by atoms with Crippen molar-refractivity contribution < 1.29 is 18.7 Å². The number of carbonyl (C=O) groups is 1. The summed E-state index contributed by atoms with van der Waals surface area (Å²) in [6.07, 6.45) is 0. The first-order chi connectivity index (χ1) is 15.3. The number of rotatable bonds is 5. The molecule has 0 atom stereocenters. The van der Waals surface area contributed by atoms with E-state index in [1.165, 1.54) is 0 Å². The van der Waals surface area contributed by atoms with Gasteiger partial charge in [0.15, 0.2) is 12.4 Å². The third-order valence-corrected chi connectivity index (χ3v) is 5.09. The van der Waals surface area contributed by atoms with Crippen molar-refractivity contribution in [3.05, 3.63) is 94.6 Å². The van der Waals surface area contributed by atoms with E-state index in [1.54, 1.807) is 48.5 Å². The van der Waals surface area contributed by atoms with Gasteiger partial charge < -0.3 is 13.9 Å². The van der Waals surface area contributed by atoms with Gasteiger partial charge in [0.05, 0.1) is 5.39 Å². The lowest BCUT2D eigenvalue weighted by Crippen LogP contribution is -2.21. The Morgan fingerprint density at radius 1 is 0.875 bits per heavy atom. The Bertz CT molecular complexity index is 1300. The second kappa shape index (κ2) is 8.71. The molecule has 0 fully saturated rings. The van der Waals surface area contributed by atoms with Crippen LogP contribution in [-0.4, -0.2) is 12.6 Å². The average molecular weight is 428 g/mol. The van der Waals surface area contributed by atoms with E-state index in [-0.39, 0.29) is 23.5 Å². The van der Waals surface area contributed by atoms with E-state index in [4.69, 9.17) is 13.9 Å². The summed E-state index contributed by atoms with van der Waals surface area (Å²) in [6, 6.07) is 23.5. The first kappa shape index (κ1) is 21.4. The van der Waals surface area contributed by atoms with E-state index in [2.05, 4.69) is 20.8 Å². The number of benzene rings is 3. The monoisotopic (exact) mass is 428 g/mol. The molecule has 0 N–H and O–H groups in total. The van der Waals surface area contributed by atoms with Crippen molar-refractivity contribution in [2.24, 2.45) is 0 Å². The van der Waals surface area contributed by atoms with E-state index in [1.807, 2.05) is 30.3 Å². The predicted octanol–water partition coefficient (Wildman–Crippen LogP) is 5.74. The fraction of sp³-hybridized carbons (Fsp3) is 0.185. The number of esters is 1. The molecule has 32 heavy (non-hydrogen) atoms. The first-order valence-electron chi connectivity index (χ1n) is 10.4. The van der Waals surface area contributed by atoms with Crippen LogP contribution in [-0.2, 0) is 10.2 Å². The van der Waals surface area contributed by atoms with Crippen LogP contribution in [0.3, 0.4) is 0 Å². The van der Waals surface area contributed by atoms with Crippen molar-refractivity contribution in [3.63, 3.8) is 0 Å². The molecule has 4 aromatic rings. The quantitative estimate of drug-likeness (QED) is 0.379. The van der Waals surface area contributed by atoms with E-state index >= 15 is 0 Å². The zero-order valence-corrected chi connectivity index (χ0v) is 18.3. The van der Waals surface area contributed by atoms with Crippen molar-refractivity contribution in [1.82, 2.24) is 0 Å². The van der Waals surface area contributed by atoms with Crippen molar-refractivity contribution in [3.8, 4) is 22.8 Å². The van der Waals surface area contributed by atoms with Crippen molar-refractivity contribution in [1.29, 1.82) is 0 Å². The molecule has 0 aliphatic carbocycles. The highest BCUT2D eigenvalue weighted by Crippen LogP contribution is 2.32. The number of hydrogen-bond acceptors (Lipinski definition) is 5. The zero-order valence-electron chi connectivity index (χ0n) is 18.3. The van der Waals surface area contributed by atoms with Gasteiger partial charge in [0.1, 0.15) is 11.3 Å². The van der Waals surface area contributed by atoms with Crippen LogP contribution in [0.1, 0.15) is 26.3 Å². The average Bonchev–Trinajstić information content (AvgIpc) is 2.80. The maximum absolute atomic E-state index is 13.2. The van der Waals surface area contributed by atoms with Gasteiger partial charge in [-0.15, -0.1) is 0 Å². The molecule has 0 spiro atoms. The van der Waals surface area contributed by atoms with Gasteiger partial charge in [-0.25, -0.2) is 4.79 Å². The van der Waals surface area contributed by atoms with Crippen molar-refractivity contribution >= 4 is 16.9 Å². The van der Waals surface area contributed by atoms with E-state index < -0.39 is 11.4 Å². The molecule has 3 aromatic carbocycles. The Balaban J connectivity index is 1.71. The molecule has 1 heterocycles. The van der Waals surface area contributed by atoms with Crippen LogP contribution in [0.2, 0.25) is 0 Å². The summed E-state index contributed by atoms with van der Waals surface area (Å²) in [7, 11) is 0. The summed E-state index contributed by atoms with van der Waals surface area (Å²) in [6.45, 7) is 6.03. The minimum absolute atomic E-state index is 0.0210. The van der Waals surface area contributed by atoms with E-state index in [9.17, 15) is 9.59 Å². The highest BCUT2D eigenvalue weighted by molar-refractivity contribution is 5.84. The highest BCUT2D eigenvalue weighted by atomic mass is 16.6. The normalized spacial score (nSPS) is 11.3. The molecule has 0 bridgehead atoms. The van der Waals surface area contributed by atoms with Gasteiger partial charge in [0, 0.05) is 5.56 Å². The fourth-order valence-electron chi connectivity index (χ4n) is 3.33. The second-order valence-corrected chi connectivity index (χ2v) is 8.49. The number of fused-ring (bicyclic) bond motifs is 1. The Morgan fingerprint density at radius 2 is 1.53 bits per heavy atom. The van der Waals surface area contributed by atoms with Gasteiger partial charge in [0.25, 0.3) is 0 Å². The molecule has 0 aliphatic rings. The molecular weight excluding hydrogens is 404 g/mol. The van der Waals surface area contributed by atoms with Crippen LogP contribution < -0.4 is 14.9 Å². The maximum Gasteiger partial charge on any atom is 0.349 e. The molecule has 5 nitrogen and oxygen atoms in total. The molecule has 0 saturated carbocycles. The van der Waals surface area contributed by atoms with Gasteiger partial charge in [-0.1, -0.05) is 75.4 Å². The number of carbonyl (C=O) groups excluding carboxylic acids is 1. The third kappa shape index (κ3) is 4.57. The lowest BCUT2D eigenvalue weighted by Gasteiger charge is -2.19. The van der Waals surface area contributed by atoms with Crippen LogP contribution in [0.5, 0.6) is 11.5 Å². The third-order valence-electron chi connectivity index (χ3n) is 5.09. The van der Waals surface area contributed by atoms with Crippen LogP contribution in [0.4, 0.5) is 0 Å². The van der Waals surface area contributed by atoms with E-state index in [0.717, 1.165) is 5.56 Å². The molecule has 1 aromatic heterocycles. The Morgan fingerprint density at radius 3 is 2.22 bits per heavy atom. The van der Waals surface area contributed by atoms with Crippen LogP contribution in [0.15, 0.2) is 88.1 Å². The van der Waals surface area contributed by atoms with Crippen molar-refractivity contribution in [2.75, 3.05) is 6.61 Å². The summed E-state index contributed by atoms with van der Waals surface area (Å²) in [5, 5.41) is 0.342. The minimum Gasteiger partial charge on any atom is -0.482 e.